The number of rotatable bonds is 11. The minimum absolute atomic E-state index is 0.216. The number of aryl methyl sites for hydroxylation is 1. The standard InChI is InChI=1S/C32H32N2O6S/c1-5-38-25-17-13-24(14-18-25)33-29(35)21(4)40-26-15-11-23(12-16-26)30(36)34-31-28(32(37)39-6-2)27(19-41-31)22-9-7-20(3)8-10-22/h7-19,21H,5-6H2,1-4H3,(H,33,35)(H,34,36)/t21-/m0/s1. The number of benzene rings is 3. The number of carbonyl (C=O) groups excluding carboxylic acids is 3. The van der Waals surface area contributed by atoms with Crippen molar-refractivity contribution in [3.05, 3.63) is 94.9 Å². The predicted molar refractivity (Wildman–Crippen MR) is 161 cm³/mol. The minimum Gasteiger partial charge on any atom is -0.494 e. The largest absolute Gasteiger partial charge is 0.494 e. The summed E-state index contributed by atoms with van der Waals surface area (Å²) in [5, 5.41) is 7.90. The first-order valence-corrected chi connectivity index (χ1v) is 14.1. The zero-order chi connectivity index (χ0) is 29.4. The van der Waals surface area contributed by atoms with E-state index in [-0.39, 0.29) is 18.4 Å². The zero-order valence-electron chi connectivity index (χ0n) is 23.4. The molecule has 4 aromatic rings. The van der Waals surface area contributed by atoms with Crippen LogP contribution in [0, 0.1) is 6.92 Å². The molecule has 1 heterocycles. The van der Waals surface area contributed by atoms with Crippen molar-refractivity contribution in [3.63, 3.8) is 0 Å². The van der Waals surface area contributed by atoms with Gasteiger partial charge >= 0.3 is 5.97 Å². The molecule has 0 aliphatic heterocycles. The fourth-order valence-corrected chi connectivity index (χ4v) is 4.92. The molecule has 3 aromatic carbocycles. The Hall–Kier alpha value is -4.63. The van der Waals surface area contributed by atoms with Crippen LogP contribution in [-0.2, 0) is 9.53 Å². The first-order chi connectivity index (χ1) is 19.8. The van der Waals surface area contributed by atoms with Crippen molar-refractivity contribution < 1.29 is 28.6 Å². The third-order valence-corrected chi connectivity index (χ3v) is 6.99. The number of amides is 2. The van der Waals surface area contributed by atoms with E-state index in [0.29, 0.717) is 39.7 Å². The van der Waals surface area contributed by atoms with E-state index in [4.69, 9.17) is 14.2 Å². The first kappa shape index (κ1) is 29.4. The van der Waals surface area contributed by atoms with Crippen molar-refractivity contribution in [1.82, 2.24) is 0 Å². The van der Waals surface area contributed by atoms with Crippen LogP contribution in [0.3, 0.4) is 0 Å². The second kappa shape index (κ2) is 13.6. The number of nitrogens with one attached hydrogen (secondary N) is 2. The monoisotopic (exact) mass is 572 g/mol. The second-order valence-electron chi connectivity index (χ2n) is 9.13. The van der Waals surface area contributed by atoms with Crippen LogP contribution in [-0.4, -0.2) is 37.1 Å². The Balaban J connectivity index is 1.41. The van der Waals surface area contributed by atoms with Gasteiger partial charge in [-0.15, -0.1) is 11.3 Å². The number of thiophene rings is 1. The Labute approximate surface area is 243 Å². The summed E-state index contributed by atoms with van der Waals surface area (Å²) in [6.45, 7) is 8.06. The summed E-state index contributed by atoms with van der Waals surface area (Å²) in [5.41, 5.74) is 3.97. The van der Waals surface area contributed by atoms with Gasteiger partial charge in [-0.05, 0) is 81.8 Å². The zero-order valence-corrected chi connectivity index (χ0v) is 24.2. The van der Waals surface area contributed by atoms with Crippen molar-refractivity contribution in [2.75, 3.05) is 23.8 Å². The summed E-state index contributed by atoms with van der Waals surface area (Å²) in [7, 11) is 0. The summed E-state index contributed by atoms with van der Waals surface area (Å²) < 4.78 is 16.5. The van der Waals surface area contributed by atoms with Crippen molar-refractivity contribution in [1.29, 1.82) is 0 Å². The van der Waals surface area contributed by atoms with Gasteiger partial charge in [0.05, 0.1) is 13.2 Å². The maximum atomic E-state index is 13.1. The molecule has 0 radical (unpaired) electrons. The van der Waals surface area contributed by atoms with E-state index in [0.717, 1.165) is 16.9 Å². The molecular formula is C32H32N2O6S. The predicted octanol–water partition coefficient (Wildman–Crippen LogP) is 6.96. The Morgan fingerprint density at radius 2 is 1.49 bits per heavy atom. The quantitative estimate of drug-likeness (QED) is 0.188. The fraction of sp³-hybridized carbons (Fsp3) is 0.219. The van der Waals surface area contributed by atoms with Crippen molar-refractivity contribution in [2.45, 2.75) is 33.8 Å². The van der Waals surface area contributed by atoms with E-state index in [2.05, 4.69) is 10.6 Å². The molecule has 41 heavy (non-hydrogen) atoms. The number of anilines is 2. The van der Waals surface area contributed by atoms with E-state index in [1.165, 1.54) is 11.3 Å². The summed E-state index contributed by atoms with van der Waals surface area (Å²) in [6.07, 6.45) is -0.778. The lowest BCUT2D eigenvalue weighted by atomic mass is 10.0. The summed E-state index contributed by atoms with van der Waals surface area (Å²) in [5.74, 6) is -0.0474. The maximum Gasteiger partial charge on any atom is 0.341 e. The number of ether oxygens (including phenoxy) is 3. The molecule has 1 aromatic heterocycles. The van der Waals surface area contributed by atoms with E-state index in [1.807, 2.05) is 43.5 Å². The lowest BCUT2D eigenvalue weighted by Crippen LogP contribution is -2.30. The highest BCUT2D eigenvalue weighted by Gasteiger charge is 2.23. The highest BCUT2D eigenvalue weighted by atomic mass is 32.1. The highest BCUT2D eigenvalue weighted by molar-refractivity contribution is 7.15. The molecule has 4 rings (SSSR count). The Bertz CT molecular complexity index is 1490. The van der Waals surface area contributed by atoms with Crippen LogP contribution in [0.15, 0.2) is 78.2 Å². The van der Waals surface area contributed by atoms with E-state index in [9.17, 15) is 14.4 Å². The molecule has 212 valence electrons. The molecule has 2 N–H and O–H groups in total. The van der Waals surface area contributed by atoms with Crippen LogP contribution in [0.4, 0.5) is 10.7 Å². The lowest BCUT2D eigenvalue weighted by Gasteiger charge is -2.15. The smallest absolute Gasteiger partial charge is 0.341 e. The Kier molecular flexibility index (Phi) is 9.76. The molecule has 0 aliphatic carbocycles. The van der Waals surface area contributed by atoms with E-state index in [1.54, 1.807) is 62.4 Å². The average Bonchev–Trinajstić information content (AvgIpc) is 3.38. The van der Waals surface area contributed by atoms with Crippen LogP contribution in [0.5, 0.6) is 11.5 Å². The first-order valence-electron chi connectivity index (χ1n) is 13.3. The van der Waals surface area contributed by atoms with E-state index < -0.39 is 12.1 Å². The number of esters is 1. The summed E-state index contributed by atoms with van der Waals surface area (Å²) >= 11 is 1.26. The molecule has 0 fully saturated rings. The van der Waals surface area contributed by atoms with Crippen molar-refractivity contribution in [3.8, 4) is 22.6 Å². The van der Waals surface area contributed by atoms with Gasteiger partial charge in [0, 0.05) is 22.2 Å². The van der Waals surface area contributed by atoms with Gasteiger partial charge in [-0.25, -0.2) is 4.79 Å². The number of hydrogen-bond donors (Lipinski definition) is 2. The van der Waals surface area contributed by atoms with Crippen LogP contribution in [0.25, 0.3) is 11.1 Å². The molecule has 0 saturated carbocycles. The molecule has 9 heteroatoms. The van der Waals surface area contributed by atoms with Gasteiger partial charge in [0.15, 0.2) is 6.10 Å². The van der Waals surface area contributed by atoms with Gasteiger partial charge in [-0.1, -0.05) is 29.8 Å². The van der Waals surface area contributed by atoms with Crippen LogP contribution < -0.4 is 20.1 Å². The minimum atomic E-state index is -0.778. The molecule has 0 aliphatic rings. The lowest BCUT2D eigenvalue weighted by molar-refractivity contribution is -0.122. The van der Waals surface area contributed by atoms with Gasteiger partial charge in [-0.2, -0.15) is 0 Å². The molecule has 0 spiro atoms. The summed E-state index contributed by atoms with van der Waals surface area (Å²) in [6, 6.07) is 21.3. The molecule has 0 saturated heterocycles. The molecule has 1 atom stereocenters. The molecular weight excluding hydrogens is 540 g/mol. The van der Waals surface area contributed by atoms with Gasteiger partial charge in [0.25, 0.3) is 11.8 Å². The summed E-state index contributed by atoms with van der Waals surface area (Å²) in [4.78, 5) is 38.5. The third kappa shape index (κ3) is 7.52. The highest BCUT2D eigenvalue weighted by Crippen LogP contribution is 2.36. The topological polar surface area (TPSA) is 103 Å². The van der Waals surface area contributed by atoms with Crippen LogP contribution in [0.2, 0.25) is 0 Å². The number of carbonyl (C=O) groups is 3. The number of hydrogen-bond acceptors (Lipinski definition) is 7. The normalized spacial score (nSPS) is 11.3. The molecule has 8 nitrogen and oxygen atoms in total. The molecule has 2 amide bonds. The van der Waals surface area contributed by atoms with Crippen molar-refractivity contribution >= 4 is 39.8 Å². The van der Waals surface area contributed by atoms with Crippen LogP contribution >= 0.6 is 11.3 Å². The van der Waals surface area contributed by atoms with Gasteiger partial charge in [-0.3, -0.25) is 9.59 Å². The average molecular weight is 573 g/mol. The Morgan fingerprint density at radius 1 is 0.829 bits per heavy atom. The Morgan fingerprint density at radius 3 is 2.12 bits per heavy atom. The van der Waals surface area contributed by atoms with Gasteiger partial charge < -0.3 is 24.8 Å². The van der Waals surface area contributed by atoms with Gasteiger partial charge in [0.1, 0.15) is 22.1 Å². The van der Waals surface area contributed by atoms with Crippen molar-refractivity contribution in [2.24, 2.45) is 0 Å². The van der Waals surface area contributed by atoms with Crippen LogP contribution in [0.1, 0.15) is 47.1 Å². The second-order valence-corrected chi connectivity index (χ2v) is 10.0. The SMILES string of the molecule is CCOC(=O)c1c(-c2ccc(C)cc2)csc1NC(=O)c1ccc(O[C@@H](C)C(=O)Nc2ccc(OCC)cc2)cc1. The third-order valence-electron chi connectivity index (χ3n) is 6.09. The van der Waals surface area contributed by atoms with Gasteiger partial charge in [0.2, 0.25) is 0 Å². The maximum absolute atomic E-state index is 13.1. The molecule has 0 bridgehead atoms. The van der Waals surface area contributed by atoms with E-state index >= 15 is 0 Å². The fourth-order valence-electron chi connectivity index (χ4n) is 3.96. The molecule has 0 unspecified atom stereocenters.